The van der Waals surface area contributed by atoms with Gasteiger partial charge in [-0.2, -0.15) is 0 Å². The molecule has 4 nitrogen and oxygen atoms in total. The first kappa shape index (κ1) is 10.9. The maximum atomic E-state index is 11.7. The molecule has 1 aromatic heterocycles. The van der Waals surface area contributed by atoms with Crippen LogP contribution in [0.5, 0.6) is 0 Å². The number of rotatable bonds is 1. The topological polar surface area (TPSA) is 59.3 Å². The third-order valence-electron chi connectivity index (χ3n) is 2.43. The van der Waals surface area contributed by atoms with Gasteiger partial charge in [0.15, 0.2) is 5.43 Å². The second kappa shape index (κ2) is 3.75. The highest BCUT2D eigenvalue weighted by Gasteiger charge is 2.11. The molecule has 1 aromatic carbocycles. The summed E-state index contributed by atoms with van der Waals surface area (Å²) in [7, 11) is 1.62. The minimum atomic E-state index is -1.11. The van der Waals surface area contributed by atoms with Gasteiger partial charge in [-0.15, -0.1) is 0 Å². The van der Waals surface area contributed by atoms with Crippen molar-refractivity contribution in [3.8, 4) is 0 Å². The quantitative estimate of drug-likeness (QED) is 0.870. The highest BCUT2D eigenvalue weighted by molar-refractivity contribution is 9.10. The van der Waals surface area contributed by atoms with E-state index >= 15 is 0 Å². The third kappa shape index (κ3) is 1.63. The van der Waals surface area contributed by atoms with E-state index in [2.05, 4.69) is 15.9 Å². The fourth-order valence-electron chi connectivity index (χ4n) is 1.63. The maximum Gasteiger partial charge on any atom is 0.352 e. The SMILES string of the molecule is Cn1c(C(=O)O)cc(=O)c2cc(Br)ccc21. The molecule has 0 bridgehead atoms. The molecule has 0 aliphatic carbocycles. The smallest absolute Gasteiger partial charge is 0.352 e. The van der Waals surface area contributed by atoms with Crippen LogP contribution in [0.1, 0.15) is 10.5 Å². The number of benzene rings is 1. The van der Waals surface area contributed by atoms with Gasteiger partial charge in [-0.05, 0) is 18.2 Å². The van der Waals surface area contributed by atoms with Crippen LogP contribution < -0.4 is 5.43 Å². The van der Waals surface area contributed by atoms with Crippen molar-refractivity contribution in [3.05, 3.63) is 44.7 Å². The molecule has 0 saturated heterocycles. The van der Waals surface area contributed by atoms with Crippen molar-refractivity contribution >= 4 is 32.8 Å². The Labute approximate surface area is 99.3 Å². The van der Waals surface area contributed by atoms with Gasteiger partial charge in [0.05, 0.1) is 5.52 Å². The number of pyridine rings is 1. The Morgan fingerprint density at radius 3 is 2.69 bits per heavy atom. The number of carboxylic acids is 1. The molecule has 16 heavy (non-hydrogen) atoms. The summed E-state index contributed by atoms with van der Waals surface area (Å²) in [6, 6.07) is 6.31. The Bertz CT molecular complexity index is 645. The van der Waals surface area contributed by atoms with E-state index in [1.165, 1.54) is 4.57 Å². The minimum absolute atomic E-state index is 0.0141. The van der Waals surface area contributed by atoms with E-state index < -0.39 is 5.97 Å². The largest absolute Gasteiger partial charge is 0.477 e. The van der Waals surface area contributed by atoms with E-state index in [-0.39, 0.29) is 11.1 Å². The maximum absolute atomic E-state index is 11.7. The molecule has 0 atom stereocenters. The third-order valence-corrected chi connectivity index (χ3v) is 2.93. The summed E-state index contributed by atoms with van der Waals surface area (Å²) in [5.41, 5.74) is 0.305. The average Bonchev–Trinajstić information content (AvgIpc) is 2.22. The molecular formula is C11H8BrNO3. The summed E-state index contributed by atoms with van der Waals surface area (Å²) in [6.45, 7) is 0. The zero-order chi connectivity index (χ0) is 11.9. The van der Waals surface area contributed by atoms with Crippen molar-refractivity contribution in [3.63, 3.8) is 0 Å². The van der Waals surface area contributed by atoms with Gasteiger partial charge in [-0.3, -0.25) is 4.79 Å². The van der Waals surface area contributed by atoms with Crippen LogP contribution in [0.4, 0.5) is 0 Å². The molecule has 0 aliphatic heterocycles. The van der Waals surface area contributed by atoms with E-state index in [1.807, 2.05) is 0 Å². The lowest BCUT2D eigenvalue weighted by atomic mass is 10.2. The predicted octanol–water partition coefficient (Wildman–Crippen LogP) is 2.00. The number of hydrogen-bond acceptors (Lipinski definition) is 2. The monoisotopic (exact) mass is 281 g/mol. The molecule has 0 saturated carbocycles. The number of fused-ring (bicyclic) bond motifs is 1. The van der Waals surface area contributed by atoms with Gasteiger partial charge < -0.3 is 9.67 Å². The van der Waals surface area contributed by atoms with Gasteiger partial charge >= 0.3 is 5.97 Å². The van der Waals surface area contributed by atoms with Gasteiger partial charge in [0.25, 0.3) is 0 Å². The van der Waals surface area contributed by atoms with Gasteiger partial charge in [0, 0.05) is 23.0 Å². The molecule has 0 amide bonds. The zero-order valence-corrected chi connectivity index (χ0v) is 9.98. The Morgan fingerprint density at radius 2 is 2.06 bits per heavy atom. The van der Waals surface area contributed by atoms with Crippen molar-refractivity contribution in [1.29, 1.82) is 0 Å². The minimum Gasteiger partial charge on any atom is -0.477 e. The highest BCUT2D eigenvalue weighted by Crippen LogP contribution is 2.17. The fraction of sp³-hybridized carbons (Fsp3) is 0.0909. The van der Waals surface area contributed by atoms with Crippen molar-refractivity contribution in [2.45, 2.75) is 0 Å². The van der Waals surface area contributed by atoms with Crippen LogP contribution in [0.3, 0.4) is 0 Å². The Hall–Kier alpha value is -1.62. The molecule has 0 aliphatic rings. The first-order valence-corrected chi connectivity index (χ1v) is 5.32. The van der Waals surface area contributed by atoms with Crippen LogP contribution in [0.2, 0.25) is 0 Å². The summed E-state index contributed by atoms with van der Waals surface area (Å²) in [4.78, 5) is 22.6. The van der Waals surface area contributed by atoms with Crippen LogP contribution >= 0.6 is 15.9 Å². The lowest BCUT2D eigenvalue weighted by molar-refractivity contribution is 0.0686. The van der Waals surface area contributed by atoms with Crippen LogP contribution in [-0.2, 0) is 7.05 Å². The molecule has 82 valence electrons. The van der Waals surface area contributed by atoms with Crippen LogP contribution in [-0.4, -0.2) is 15.6 Å². The molecule has 2 aromatic rings. The van der Waals surface area contributed by atoms with Crippen molar-refractivity contribution in [2.75, 3.05) is 0 Å². The van der Waals surface area contributed by atoms with E-state index in [0.29, 0.717) is 10.9 Å². The Balaban J connectivity index is 2.96. The van der Waals surface area contributed by atoms with E-state index in [0.717, 1.165) is 10.5 Å². The zero-order valence-electron chi connectivity index (χ0n) is 8.40. The normalized spacial score (nSPS) is 10.6. The number of aromatic carboxylic acids is 1. The average molecular weight is 282 g/mol. The summed E-state index contributed by atoms with van der Waals surface area (Å²) in [5, 5.41) is 9.44. The number of halogens is 1. The molecular weight excluding hydrogens is 274 g/mol. The summed E-state index contributed by atoms with van der Waals surface area (Å²) in [5.74, 6) is -1.11. The summed E-state index contributed by atoms with van der Waals surface area (Å²) in [6.07, 6.45) is 0. The lowest BCUT2D eigenvalue weighted by Gasteiger charge is -2.08. The number of aryl methyl sites for hydroxylation is 1. The van der Waals surface area contributed by atoms with E-state index in [1.54, 1.807) is 25.2 Å². The first-order chi connectivity index (χ1) is 7.50. The standard InChI is InChI=1S/C11H8BrNO3/c1-13-8-3-2-6(12)4-7(8)10(14)5-9(13)11(15)16/h2-5H,1H3,(H,15,16). The fourth-order valence-corrected chi connectivity index (χ4v) is 1.99. The number of aromatic nitrogens is 1. The van der Waals surface area contributed by atoms with Crippen LogP contribution in [0.25, 0.3) is 10.9 Å². The molecule has 0 fully saturated rings. The molecule has 0 unspecified atom stereocenters. The number of carbonyl (C=O) groups is 1. The second-order valence-corrected chi connectivity index (χ2v) is 4.34. The van der Waals surface area contributed by atoms with Gasteiger partial charge in [-0.25, -0.2) is 4.79 Å². The van der Waals surface area contributed by atoms with Gasteiger partial charge in [0.1, 0.15) is 5.69 Å². The van der Waals surface area contributed by atoms with Crippen LogP contribution in [0, 0.1) is 0 Å². The summed E-state index contributed by atoms with van der Waals surface area (Å²) >= 11 is 3.27. The molecule has 0 spiro atoms. The molecule has 1 N–H and O–H groups in total. The lowest BCUT2D eigenvalue weighted by Crippen LogP contribution is -2.15. The van der Waals surface area contributed by atoms with E-state index in [9.17, 15) is 9.59 Å². The number of hydrogen-bond donors (Lipinski definition) is 1. The first-order valence-electron chi connectivity index (χ1n) is 4.53. The Morgan fingerprint density at radius 1 is 1.38 bits per heavy atom. The molecule has 0 radical (unpaired) electrons. The van der Waals surface area contributed by atoms with Crippen molar-refractivity contribution in [2.24, 2.45) is 7.05 Å². The highest BCUT2D eigenvalue weighted by atomic mass is 79.9. The van der Waals surface area contributed by atoms with Crippen molar-refractivity contribution < 1.29 is 9.90 Å². The summed E-state index contributed by atoms with van der Waals surface area (Å²) < 4.78 is 2.28. The number of nitrogens with zero attached hydrogens (tertiary/aromatic N) is 1. The molecule has 2 rings (SSSR count). The molecule has 5 heteroatoms. The van der Waals surface area contributed by atoms with Crippen LogP contribution in [0.15, 0.2) is 33.5 Å². The second-order valence-electron chi connectivity index (χ2n) is 3.42. The predicted molar refractivity (Wildman–Crippen MR) is 63.8 cm³/mol. The Kier molecular flexibility index (Phi) is 2.55. The van der Waals surface area contributed by atoms with Crippen molar-refractivity contribution in [1.82, 2.24) is 4.57 Å². The van der Waals surface area contributed by atoms with Gasteiger partial charge in [-0.1, -0.05) is 15.9 Å². The number of carboxylic acid groups (broad SMARTS) is 1. The van der Waals surface area contributed by atoms with Gasteiger partial charge in [0.2, 0.25) is 0 Å². The molecule has 1 heterocycles. The van der Waals surface area contributed by atoms with E-state index in [4.69, 9.17) is 5.11 Å².